The van der Waals surface area contributed by atoms with Gasteiger partial charge in [-0.05, 0) is 89.9 Å². The molecule has 0 spiro atoms. The van der Waals surface area contributed by atoms with Crippen LogP contribution in [0.1, 0.15) is 207 Å². The molecule has 62 heavy (non-hydrogen) atoms. The van der Waals surface area contributed by atoms with Crippen LogP contribution in [0.15, 0.2) is 109 Å². The first-order valence-electron chi connectivity index (χ1n) is 24.9. The molecule has 0 aromatic heterocycles. The van der Waals surface area contributed by atoms with Gasteiger partial charge in [0.1, 0.15) is 13.2 Å². The van der Waals surface area contributed by atoms with Crippen molar-refractivity contribution in [2.24, 2.45) is 0 Å². The molecular formula is C56H90O6. The van der Waals surface area contributed by atoms with Crippen molar-refractivity contribution >= 4 is 17.9 Å². The Morgan fingerprint density at radius 3 is 0.984 bits per heavy atom. The summed E-state index contributed by atoms with van der Waals surface area (Å²) < 4.78 is 16.5. The number of esters is 3. The molecule has 350 valence electrons. The molecule has 0 amide bonds. The summed E-state index contributed by atoms with van der Waals surface area (Å²) in [5, 5.41) is 0. The lowest BCUT2D eigenvalue weighted by molar-refractivity contribution is -0.167. The first-order valence-corrected chi connectivity index (χ1v) is 24.9. The number of unbranched alkanes of at least 4 members (excludes halogenated alkanes) is 14. The molecule has 0 aromatic carbocycles. The van der Waals surface area contributed by atoms with Gasteiger partial charge in [-0.3, -0.25) is 14.4 Å². The highest BCUT2D eigenvalue weighted by molar-refractivity contribution is 5.71. The van der Waals surface area contributed by atoms with E-state index in [2.05, 4.69) is 130 Å². The van der Waals surface area contributed by atoms with Gasteiger partial charge in [0.2, 0.25) is 0 Å². The zero-order valence-electron chi connectivity index (χ0n) is 39.8. The summed E-state index contributed by atoms with van der Waals surface area (Å²) in [5.74, 6) is -0.952. The normalized spacial score (nSPS) is 13.0. The number of rotatable bonds is 43. The zero-order valence-corrected chi connectivity index (χ0v) is 39.8. The number of carbonyl (C=O) groups is 3. The van der Waals surface area contributed by atoms with Crippen LogP contribution < -0.4 is 0 Å². The molecule has 0 N–H and O–H groups in total. The third kappa shape index (κ3) is 47.1. The average molecular weight is 859 g/mol. The van der Waals surface area contributed by atoms with Crippen LogP contribution >= 0.6 is 0 Å². The Labute approximate surface area is 380 Å². The van der Waals surface area contributed by atoms with E-state index in [0.29, 0.717) is 19.3 Å². The minimum absolute atomic E-state index is 0.0897. The molecule has 0 rings (SSSR count). The van der Waals surface area contributed by atoms with Crippen LogP contribution in [0.4, 0.5) is 0 Å². The van der Waals surface area contributed by atoms with Crippen LogP contribution in [-0.4, -0.2) is 37.2 Å². The Kier molecular flexibility index (Phi) is 46.6. The SMILES string of the molecule is CC/C=C\C/C=C\C/C=C\C/C=C\C/C=C\C/C=C\C/C=C\C/C=C\C/C=C\CCCCCC(=O)OCC(COC(=O)CCCCCCC)OC(=O)CCCCCCCCCC. The van der Waals surface area contributed by atoms with Gasteiger partial charge in [0.05, 0.1) is 0 Å². The van der Waals surface area contributed by atoms with Gasteiger partial charge in [0.15, 0.2) is 6.10 Å². The fourth-order valence-electron chi connectivity index (χ4n) is 6.31. The van der Waals surface area contributed by atoms with E-state index >= 15 is 0 Å². The molecule has 0 saturated carbocycles. The van der Waals surface area contributed by atoms with Crippen LogP contribution in [0.3, 0.4) is 0 Å². The van der Waals surface area contributed by atoms with Crippen molar-refractivity contribution in [3.8, 4) is 0 Å². The summed E-state index contributed by atoms with van der Waals surface area (Å²) >= 11 is 0. The quantitative estimate of drug-likeness (QED) is 0.0263. The summed E-state index contributed by atoms with van der Waals surface area (Å²) in [7, 11) is 0. The molecule has 0 fully saturated rings. The molecular weight excluding hydrogens is 769 g/mol. The lowest BCUT2D eigenvalue weighted by Crippen LogP contribution is -2.30. The lowest BCUT2D eigenvalue weighted by Gasteiger charge is -2.18. The second-order valence-corrected chi connectivity index (χ2v) is 16.0. The molecule has 0 aliphatic rings. The van der Waals surface area contributed by atoms with Gasteiger partial charge in [0, 0.05) is 19.3 Å². The highest BCUT2D eigenvalue weighted by Gasteiger charge is 2.19. The van der Waals surface area contributed by atoms with Gasteiger partial charge in [0.25, 0.3) is 0 Å². The van der Waals surface area contributed by atoms with Crippen LogP contribution in [0, 0.1) is 0 Å². The molecule has 0 radical (unpaired) electrons. The van der Waals surface area contributed by atoms with Crippen LogP contribution in [0.2, 0.25) is 0 Å². The molecule has 1 unspecified atom stereocenters. The van der Waals surface area contributed by atoms with Crippen LogP contribution in [0.25, 0.3) is 0 Å². The number of hydrogen-bond acceptors (Lipinski definition) is 6. The Morgan fingerprint density at radius 1 is 0.339 bits per heavy atom. The Hall–Kier alpha value is -3.93. The maximum absolute atomic E-state index is 12.6. The van der Waals surface area contributed by atoms with E-state index in [-0.39, 0.29) is 31.1 Å². The topological polar surface area (TPSA) is 78.9 Å². The monoisotopic (exact) mass is 859 g/mol. The van der Waals surface area contributed by atoms with E-state index in [1.807, 2.05) is 0 Å². The van der Waals surface area contributed by atoms with Crippen molar-refractivity contribution in [1.82, 2.24) is 0 Å². The van der Waals surface area contributed by atoms with Crippen molar-refractivity contribution in [3.63, 3.8) is 0 Å². The van der Waals surface area contributed by atoms with E-state index < -0.39 is 6.10 Å². The van der Waals surface area contributed by atoms with Gasteiger partial charge in [-0.25, -0.2) is 0 Å². The highest BCUT2D eigenvalue weighted by atomic mass is 16.6. The Balaban J connectivity index is 4.12. The van der Waals surface area contributed by atoms with Crippen molar-refractivity contribution in [1.29, 1.82) is 0 Å². The van der Waals surface area contributed by atoms with Crippen LogP contribution in [0.5, 0.6) is 0 Å². The predicted molar refractivity (Wildman–Crippen MR) is 265 cm³/mol. The molecule has 0 bridgehead atoms. The van der Waals surface area contributed by atoms with Crippen LogP contribution in [-0.2, 0) is 28.6 Å². The Morgan fingerprint density at radius 2 is 0.629 bits per heavy atom. The molecule has 6 heteroatoms. The predicted octanol–water partition coefficient (Wildman–Crippen LogP) is 16.4. The molecule has 0 saturated heterocycles. The van der Waals surface area contributed by atoms with Crippen molar-refractivity contribution in [2.45, 2.75) is 213 Å². The fourth-order valence-corrected chi connectivity index (χ4v) is 6.31. The largest absolute Gasteiger partial charge is 0.462 e. The first kappa shape index (κ1) is 58.1. The minimum atomic E-state index is -0.784. The van der Waals surface area contributed by atoms with Gasteiger partial charge in [-0.15, -0.1) is 0 Å². The van der Waals surface area contributed by atoms with Gasteiger partial charge < -0.3 is 14.2 Å². The Bertz CT molecular complexity index is 1310. The summed E-state index contributed by atoms with van der Waals surface area (Å²) in [6, 6.07) is 0. The zero-order chi connectivity index (χ0) is 45.1. The van der Waals surface area contributed by atoms with Gasteiger partial charge in [-0.2, -0.15) is 0 Å². The minimum Gasteiger partial charge on any atom is -0.462 e. The number of carbonyl (C=O) groups excluding carboxylic acids is 3. The van der Waals surface area contributed by atoms with Crippen molar-refractivity contribution < 1.29 is 28.6 Å². The maximum atomic E-state index is 12.6. The molecule has 1 atom stereocenters. The fraction of sp³-hybridized carbons (Fsp3) is 0.625. The molecule has 0 aliphatic carbocycles. The van der Waals surface area contributed by atoms with E-state index in [1.165, 1.54) is 38.5 Å². The summed E-state index contributed by atoms with van der Waals surface area (Å²) in [5.41, 5.74) is 0. The first-order chi connectivity index (χ1) is 30.5. The summed E-state index contributed by atoms with van der Waals surface area (Å²) in [4.78, 5) is 37.4. The maximum Gasteiger partial charge on any atom is 0.306 e. The second kappa shape index (κ2) is 49.7. The third-order valence-electron chi connectivity index (χ3n) is 10.0. The molecule has 0 heterocycles. The average Bonchev–Trinajstić information content (AvgIpc) is 3.27. The molecule has 6 nitrogen and oxygen atoms in total. The lowest BCUT2D eigenvalue weighted by atomic mass is 10.1. The summed E-state index contributed by atoms with van der Waals surface area (Å²) in [6.07, 6.45) is 67.0. The second-order valence-electron chi connectivity index (χ2n) is 16.0. The standard InChI is InChI=1S/C56H90O6/c1-4-7-10-13-15-17-18-19-20-21-22-23-24-25-26-27-28-29-30-31-32-33-34-35-36-37-38-39-41-43-46-49-55(58)61-52-53(51-60-54(57)48-45-42-12-9-6-3)62-56(59)50-47-44-40-16-14-11-8-5-2/h7,10,15,17,19-20,22-23,25-26,28-29,31-32,34-35,37-38,53H,4-6,8-9,11-14,16,18,21,24,27,30,33,36,39-52H2,1-3H3/b10-7-,17-15-,20-19-,23-22-,26-25-,29-28-,32-31-,35-34-,38-37-. The number of hydrogen-bond donors (Lipinski definition) is 0. The summed E-state index contributed by atoms with van der Waals surface area (Å²) in [6.45, 7) is 6.35. The van der Waals surface area contributed by atoms with Gasteiger partial charge >= 0.3 is 17.9 Å². The molecule has 0 aliphatic heterocycles. The van der Waals surface area contributed by atoms with Gasteiger partial charge in [-0.1, -0.05) is 207 Å². The van der Waals surface area contributed by atoms with E-state index in [0.717, 1.165) is 128 Å². The van der Waals surface area contributed by atoms with E-state index in [9.17, 15) is 14.4 Å². The smallest absolute Gasteiger partial charge is 0.306 e. The molecule has 0 aromatic rings. The number of allylic oxidation sites excluding steroid dienone is 18. The van der Waals surface area contributed by atoms with Crippen molar-refractivity contribution in [3.05, 3.63) is 109 Å². The highest BCUT2D eigenvalue weighted by Crippen LogP contribution is 2.12. The van der Waals surface area contributed by atoms with E-state index in [4.69, 9.17) is 14.2 Å². The number of ether oxygens (including phenoxy) is 3. The van der Waals surface area contributed by atoms with Crippen molar-refractivity contribution in [2.75, 3.05) is 13.2 Å². The van der Waals surface area contributed by atoms with E-state index in [1.54, 1.807) is 0 Å². The third-order valence-corrected chi connectivity index (χ3v) is 10.0.